The van der Waals surface area contributed by atoms with E-state index in [-0.39, 0.29) is 17.8 Å². The van der Waals surface area contributed by atoms with Gasteiger partial charge in [-0.2, -0.15) is 0 Å². The van der Waals surface area contributed by atoms with E-state index in [4.69, 9.17) is 4.74 Å². The first-order valence-corrected chi connectivity index (χ1v) is 5.82. The van der Waals surface area contributed by atoms with Crippen LogP contribution in [0.3, 0.4) is 0 Å². The molecule has 0 unspecified atom stereocenters. The maximum atomic E-state index is 12.0. The third-order valence-corrected chi connectivity index (χ3v) is 2.51. The van der Waals surface area contributed by atoms with Gasteiger partial charge in [0.2, 0.25) is 0 Å². The topological polar surface area (TPSA) is 43.4 Å². The van der Waals surface area contributed by atoms with Gasteiger partial charge in [-0.1, -0.05) is 50.8 Å². The van der Waals surface area contributed by atoms with Gasteiger partial charge >= 0.3 is 5.97 Å². The molecular weight excluding hydrogens is 228 g/mol. The normalized spacial score (nSPS) is 10.8. The van der Waals surface area contributed by atoms with E-state index in [1.165, 1.54) is 0 Å². The molecule has 0 aliphatic heterocycles. The van der Waals surface area contributed by atoms with Crippen molar-refractivity contribution >= 4 is 11.8 Å². The van der Waals surface area contributed by atoms with Crippen LogP contribution in [0.25, 0.3) is 0 Å². The van der Waals surface area contributed by atoms with Crippen LogP contribution in [0.4, 0.5) is 0 Å². The Balaban J connectivity index is 2.57. The summed E-state index contributed by atoms with van der Waals surface area (Å²) in [6, 6.07) is 9.10. The highest BCUT2D eigenvalue weighted by atomic mass is 16.5. The third kappa shape index (κ3) is 4.53. The number of hydrogen-bond donors (Lipinski definition) is 0. The lowest BCUT2D eigenvalue weighted by Gasteiger charge is -2.22. The molecule has 1 aromatic carbocycles. The summed E-state index contributed by atoms with van der Waals surface area (Å²) in [6.07, 6.45) is 1.45. The Bertz CT molecular complexity index is 432. The molecule has 1 rings (SSSR count). The Hall–Kier alpha value is -1.90. The number of carbonyl (C=O) groups is 2. The molecule has 0 saturated carbocycles. The van der Waals surface area contributed by atoms with Crippen LogP contribution in [0.15, 0.2) is 43.0 Å². The van der Waals surface area contributed by atoms with E-state index in [1.807, 2.05) is 32.0 Å². The molecule has 0 amide bonds. The fraction of sp³-hybridized carbons (Fsp3) is 0.333. The zero-order chi connectivity index (χ0) is 13.6. The fourth-order valence-electron chi connectivity index (χ4n) is 1.54. The fourth-order valence-corrected chi connectivity index (χ4v) is 1.54. The molecule has 3 nitrogen and oxygen atoms in total. The van der Waals surface area contributed by atoms with Crippen LogP contribution in [0.5, 0.6) is 0 Å². The molecular formula is C15H18O3. The van der Waals surface area contributed by atoms with Gasteiger partial charge in [-0.15, -0.1) is 0 Å². The standard InChI is InChI=1S/C15H18O3/c1-4-14(17)18-11-15(2,3)10-13(16)12-8-6-5-7-9-12/h4-9H,1,10-11H2,2-3H3. The van der Waals surface area contributed by atoms with Crippen LogP contribution in [-0.4, -0.2) is 18.4 Å². The van der Waals surface area contributed by atoms with Gasteiger partial charge in [-0.3, -0.25) is 4.79 Å². The smallest absolute Gasteiger partial charge is 0.330 e. The summed E-state index contributed by atoms with van der Waals surface area (Å²) in [4.78, 5) is 23.0. The first kappa shape index (κ1) is 14.2. The highest BCUT2D eigenvalue weighted by Gasteiger charge is 2.24. The van der Waals surface area contributed by atoms with E-state index in [1.54, 1.807) is 12.1 Å². The number of carbonyl (C=O) groups excluding carboxylic acids is 2. The van der Waals surface area contributed by atoms with Crippen molar-refractivity contribution in [2.75, 3.05) is 6.61 Å². The summed E-state index contributed by atoms with van der Waals surface area (Å²) in [7, 11) is 0. The van der Waals surface area contributed by atoms with Crippen molar-refractivity contribution in [3.63, 3.8) is 0 Å². The third-order valence-electron chi connectivity index (χ3n) is 2.51. The second-order valence-corrected chi connectivity index (χ2v) is 4.94. The van der Waals surface area contributed by atoms with Crippen molar-refractivity contribution in [1.82, 2.24) is 0 Å². The van der Waals surface area contributed by atoms with Crippen molar-refractivity contribution < 1.29 is 14.3 Å². The van der Waals surface area contributed by atoms with Gasteiger partial charge in [0.15, 0.2) is 5.78 Å². The number of ether oxygens (including phenoxy) is 1. The van der Waals surface area contributed by atoms with Gasteiger partial charge in [-0.25, -0.2) is 4.79 Å². The molecule has 0 spiro atoms. The Labute approximate surface area is 107 Å². The van der Waals surface area contributed by atoms with Gasteiger partial charge in [-0.05, 0) is 0 Å². The minimum absolute atomic E-state index is 0.0512. The van der Waals surface area contributed by atoms with Crippen molar-refractivity contribution in [2.24, 2.45) is 5.41 Å². The van der Waals surface area contributed by atoms with E-state index < -0.39 is 5.97 Å². The van der Waals surface area contributed by atoms with Crippen LogP contribution in [0.2, 0.25) is 0 Å². The molecule has 0 aliphatic rings. The second-order valence-electron chi connectivity index (χ2n) is 4.94. The molecule has 18 heavy (non-hydrogen) atoms. The Morgan fingerprint density at radius 1 is 1.28 bits per heavy atom. The van der Waals surface area contributed by atoms with Crippen molar-refractivity contribution in [2.45, 2.75) is 20.3 Å². The lowest BCUT2D eigenvalue weighted by atomic mass is 9.86. The zero-order valence-corrected chi connectivity index (χ0v) is 10.8. The average molecular weight is 246 g/mol. The Kier molecular flexibility index (Phi) is 4.84. The first-order valence-electron chi connectivity index (χ1n) is 5.82. The second kappa shape index (κ2) is 6.15. The highest BCUT2D eigenvalue weighted by molar-refractivity contribution is 5.96. The first-order chi connectivity index (χ1) is 8.44. The predicted octanol–water partition coefficient (Wildman–Crippen LogP) is 3.01. The lowest BCUT2D eigenvalue weighted by Crippen LogP contribution is -2.24. The number of hydrogen-bond acceptors (Lipinski definition) is 3. The molecule has 0 saturated heterocycles. The van der Waals surface area contributed by atoms with Crippen molar-refractivity contribution in [3.8, 4) is 0 Å². The van der Waals surface area contributed by atoms with Crippen LogP contribution < -0.4 is 0 Å². The van der Waals surface area contributed by atoms with E-state index >= 15 is 0 Å². The minimum Gasteiger partial charge on any atom is -0.462 e. The van der Waals surface area contributed by atoms with Crippen LogP contribution in [0.1, 0.15) is 30.6 Å². The summed E-state index contributed by atoms with van der Waals surface area (Å²) < 4.78 is 4.98. The molecule has 0 atom stereocenters. The van der Waals surface area contributed by atoms with Gasteiger partial charge in [0.05, 0.1) is 6.61 Å². The molecule has 1 aromatic rings. The summed E-state index contributed by atoms with van der Waals surface area (Å²) in [6.45, 7) is 7.32. The predicted molar refractivity (Wildman–Crippen MR) is 70.3 cm³/mol. The van der Waals surface area contributed by atoms with Gasteiger partial charge in [0.1, 0.15) is 0 Å². The summed E-state index contributed by atoms with van der Waals surface area (Å²) in [5, 5.41) is 0. The number of Topliss-reactive ketones (excluding diaryl/α,β-unsaturated/α-hetero) is 1. The quantitative estimate of drug-likeness (QED) is 0.440. The molecule has 0 aromatic heterocycles. The Morgan fingerprint density at radius 3 is 2.44 bits per heavy atom. The van der Waals surface area contributed by atoms with Crippen LogP contribution in [0, 0.1) is 5.41 Å². The number of ketones is 1. The monoisotopic (exact) mass is 246 g/mol. The lowest BCUT2D eigenvalue weighted by molar-refractivity contribution is -0.140. The molecule has 3 heteroatoms. The van der Waals surface area contributed by atoms with E-state index in [0.717, 1.165) is 6.08 Å². The molecule has 0 radical (unpaired) electrons. The molecule has 0 N–H and O–H groups in total. The maximum absolute atomic E-state index is 12.0. The average Bonchev–Trinajstić information content (AvgIpc) is 2.36. The van der Waals surface area contributed by atoms with Gasteiger partial charge in [0.25, 0.3) is 0 Å². The SMILES string of the molecule is C=CC(=O)OCC(C)(C)CC(=O)c1ccccc1. The van der Waals surface area contributed by atoms with E-state index in [0.29, 0.717) is 12.0 Å². The van der Waals surface area contributed by atoms with Gasteiger partial charge in [0, 0.05) is 23.5 Å². The van der Waals surface area contributed by atoms with Gasteiger partial charge < -0.3 is 4.74 Å². The van der Waals surface area contributed by atoms with Crippen molar-refractivity contribution in [3.05, 3.63) is 48.6 Å². The molecule has 0 fully saturated rings. The highest BCUT2D eigenvalue weighted by Crippen LogP contribution is 2.23. The number of rotatable bonds is 6. The zero-order valence-electron chi connectivity index (χ0n) is 10.8. The summed E-state index contributed by atoms with van der Waals surface area (Å²) >= 11 is 0. The molecule has 0 aliphatic carbocycles. The molecule has 96 valence electrons. The maximum Gasteiger partial charge on any atom is 0.330 e. The molecule has 0 heterocycles. The largest absolute Gasteiger partial charge is 0.462 e. The number of benzene rings is 1. The summed E-state index contributed by atoms with van der Waals surface area (Å²) in [5.74, 6) is -0.412. The summed E-state index contributed by atoms with van der Waals surface area (Å²) in [5.41, 5.74) is 0.298. The van der Waals surface area contributed by atoms with E-state index in [2.05, 4.69) is 6.58 Å². The van der Waals surface area contributed by atoms with Crippen LogP contribution in [-0.2, 0) is 9.53 Å². The minimum atomic E-state index is -0.463. The van der Waals surface area contributed by atoms with E-state index in [9.17, 15) is 9.59 Å². The number of esters is 1. The molecule has 0 bridgehead atoms. The Morgan fingerprint density at radius 2 is 1.89 bits per heavy atom. The van der Waals surface area contributed by atoms with Crippen LogP contribution >= 0.6 is 0 Å². The van der Waals surface area contributed by atoms with Crippen molar-refractivity contribution in [1.29, 1.82) is 0 Å².